The van der Waals surface area contributed by atoms with Gasteiger partial charge in [0.05, 0.1) is 6.54 Å². The van der Waals surface area contributed by atoms with Crippen LogP contribution >= 0.6 is 0 Å². The van der Waals surface area contributed by atoms with Gasteiger partial charge in [0.15, 0.2) is 0 Å². The molecule has 2 amide bonds. The van der Waals surface area contributed by atoms with Crippen LogP contribution < -0.4 is 15.5 Å². The summed E-state index contributed by atoms with van der Waals surface area (Å²) in [7, 11) is 0. The van der Waals surface area contributed by atoms with E-state index in [1.54, 1.807) is 17.0 Å². The van der Waals surface area contributed by atoms with Gasteiger partial charge in [-0.05, 0) is 55.2 Å². The van der Waals surface area contributed by atoms with Crippen molar-refractivity contribution in [2.24, 2.45) is 0 Å². The van der Waals surface area contributed by atoms with Crippen LogP contribution in [0, 0.1) is 5.82 Å². The first kappa shape index (κ1) is 20.5. The number of carbonyl (C=O) groups excluding carboxylic acids is 2. The quantitative estimate of drug-likeness (QED) is 0.766. The highest BCUT2D eigenvalue weighted by atomic mass is 19.1. The fraction of sp³-hybridized carbons (Fsp3) is 0.391. The van der Waals surface area contributed by atoms with Crippen molar-refractivity contribution in [2.45, 2.75) is 31.2 Å². The molecule has 2 aliphatic heterocycles. The maximum atomic E-state index is 13.4. The second kappa shape index (κ2) is 8.93. The van der Waals surface area contributed by atoms with Crippen molar-refractivity contribution in [3.05, 3.63) is 59.9 Å². The fourth-order valence-electron chi connectivity index (χ4n) is 4.18. The summed E-state index contributed by atoms with van der Waals surface area (Å²) in [6, 6.07) is 13.8. The lowest BCUT2D eigenvalue weighted by Crippen LogP contribution is -2.49. The number of hydrogen-bond acceptors (Lipinski definition) is 4. The molecule has 30 heavy (non-hydrogen) atoms. The molecule has 0 bridgehead atoms. The molecule has 2 aliphatic rings. The third-order valence-corrected chi connectivity index (χ3v) is 5.85. The largest absolute Gasteiger partial charge is 0.381 e. The van der Waals surface area contributed by atoms with Crippen molar-refractivity contribution in [3.8, 4) is 0 Å². The van der Waals surface area contributed by atoms with E-state index in [0.29, 0.717) is 44.7 Å². The number of rotatable bonds is 6. The first-order valence-electron chi connectivity index (χ1n) is 10.3. The summed E-state index contributed by atoms with van der Waals surface area (Å²) >= 11 is 0. The summed E-state index contributed by atoms with van der Waals surface area (Å²) in [5, 5.41) is 6.30. The second-order valence-electron chi connectivity index (χ2n) is 7.80. The van der Waals surface area contributed by atoms with E-state index >= 15 is 0 Å². The summed E-state index contributed by atoms with van der Waals surface area (Å²) in [5.41, 5.74) is 1.99. The Morgan fingerprint density at radius 2 is 1.90 bits per heavy atom. The lowest BCUT2D eigenvalue weighted by atomic mass is 9.82. The normalized spacial score (nSPS) is 18.4. The average molecular weight is 411 g/mol. The number of nitrogens with one attached hydrogen (secondary N) is 2. The number of ether oxygens (including phenoxy) is 1. The highest BCUT2D eigenvalue weighted by Gasteiger charge is 2.34. The lowest BCUT2D eigenvalue weighted by Gasteiger charge is -2.38. The van der Waals surface area contributed by atoms with Gasteiger partial charge in [-0.2, -0.15) is 0 Å². The molecular weight excluding hydrogens is 385 g/mol. The first-order chi connectivity index (χ1) is 14.6. The zero-order chi connectivity index (χ0) is 21.0. The molecule has 2 aromatic carbocycles. The van der Waals surface area contributed by atoms with Crippen LogP contribution in [0.1, 0.15) is 31.2 Å². The molecule has 7 heteroatoms. The molecule has 0 unspecified atom stereocenters. The van der Waals surface area contributed by atoms with E-state index in [0.717, 1.165) is 17.7 Å². The number of hydrogen-bond donors (Lipinski definition) is 2. The van der Waals surface area contributed by atoms with Crippen molar-refractivity contribution in [1.82, 2.24) is 5.32 Å². The topological polar surface area (TPSA) is 70.7 Å². The van der Waals surface area contributed by atoms with Crippen LogP contribution in [0.2, 0.25) is 0 Å². The number of halogens is 1. The number of amides is 2. The smallest absolute Gasteiger partial charge is 0.238 e. The zero-order valence-corrected chi connectivity index (χ0v) is 16.8. The predicted molar refractivity (Wildman–Crippen MR) is 113 cm³/mol. The van der Waals surface area contributed by atoms with Gasteiger partial charge in [-0.15, -0.1) is 0 Å². The molecule has 0 saturated carbocycles. The molecule has 2 aromatic rings. The Kier molecular flexibility index (Phi) is 6.11. The minimum atomic E-state index is -0.424. The Bertz CT molecular complexity index is 910. The highest BCUT2D eigenvalue weighted by Crippen LogP contribution is 2.32. The molecule has 2 fully saturated rings. The van der Waals surface area contributed by atoms with Crippen molar-refractivity contribution in [1.29, 1.82) is 0 Å². The molecule has 0 aliphatic carbocycles. The third-order valence-electron chi connectivity index (χ3n) is 5.85. The molecule has 2 heterocycles. The zero-order valence-electron chi connectivity index (χ0n) is 16.8. The number of anilines is 2. The molecule has 0 aromatic heterocycles. The summed E-state index contributed by atoms with van der Waals surface area (Å²) in [4.78, 5) is 26.4. The molecule has 4 rings (SSSR count). The molecule has 6 nitrogen and oxygen atoms in total. The van der Waals surface area contributed by atoms with Crippen molar-refractivity contribution in [3.63, 3.8) is 0 Å². The van der Waals surface area contributed by atoms with Gasteiger partial charge in [-0.25, -0.2) is 4.39 Å². The molecule has 2 saturated heterocycles. The van der Waals surface area contributed by atoms with Crippen molar-refractivity contribution in [2.75, 3.05) is 36.5 Å². The van der Waals surface area contributed by atoms with Gasteiger partial charge in [0, 0.05) is 43.1 Å². The van der Waals surface area contributed by atoms with Crippen LogP contribution in [0.15, 0.2) is 48.5 Å². The standard InChI is InChI=1S/C23H26FN3O3/c24-18-8-6-17(7-9-18)23(10-13-30-14-11-23)25-16-21(28)26-19-3-1-4-20(15-19)27-12-2-5-22(27)29/h1,3-4,6-9,15,25H,2,5,10-14,16H2,(H,26,28). The first-order valence-corrected chi connectivity index (χ1v) is 10.3. The van der Waals surface area contributed by atoms with Gasteiger partial charge in [-0.1, -0.05) is 18.2 Å². The van der Waals surface area contributed by atoms with Gasteiger partial charge >= 0.3 is 0 Å². The van der Waals surface area contributed by atoms with Gasteiger partial charge < -0.3 is 15.0 Å². The molecule has 2 N–H and O–H groups in total. The average Bonchev–Trinajstić information content (AvgIpc) is 3.19. The van der Waals surface area contributed by atoms with Gasteiger partial charge in [0.1, 0.15) is 5.82 Å². The van der Waals surface area contributed by atoms with Crippen LogP contribution in [-0.4, -0.2) is 38.1 Å². The number of benzene rings is 2. The summed E-state index contributed by atoms with van der Waals surface area (Å²) in [5.74, 6) is -0.344. The van der Waals surface area contributed by atoms with Gasteiger partial charge in [0.2, 0.25) is 11.8 Å². The van der Waals surface area contributed by atoms with E-state index in [9.17, 15) is 14.0 Å². The minimum Gasteiger partial charge on any atom is -0.381 e. The van der Waals surface area contributed by atoms with E-state index in [1.165, 1.54) is 12.1 Å². The monoisotopic (exact) mass is 411 g/mol. The SMILES string of the molecule is O=C(CNC1(c2ccc(F)cc2)CCOCC1)Nc1cccc(N2CCCC2=O)c1. The summed E-state index contributed by atoms with van der Waals surface area (Å²) in [6.45, 7) is 1.99. The Labute approximate surface area is 175 Å². The maximum absolute atomic E-state index is 13.4. The summed E-state index contributed by atoms with van der Waals surface area (Å²) in [6.07, 6.45) is 2.83. The maximum Gasteiger partial charge on any atom is 0.238 e. The fourth-order valence-corrected chi connectivity index (χ4v) is 4.18. The van der Waals surface area contributed by atoms with Gasteiger partial charge in [0.25, 0.3) is 0 Å². The van der Waals surface area contributed by atoms with Crippen molar-refractivity contribution < 1.29 is 18.7 Å². The predicted octanol–water partition coefficient (Wildman–Crippen LogP) is 3.19. The Hall–Kier alpha value is -2.77. The summed E-state index contributed by atoms with van der Waals surface area (Å²) < 4.78 is 18.9. The molecule has 0 spiro atoms. The van der Waals surface area contributed by atoms with Crippen LogP contribution in [-0.2, 0) is 19.9 Å². The van der Waals surface area contributed by atoms with E-state index < -0.39 is 5.54 Å². The van der Waals surface area contributed by atoms with Gasteiger partial charge in [-0.3, -0.25) is 14.9 Å². The highest BCUT2D eigenvalue weighted by molar-refractivity contribution is 5.97. The minimum absolute atomic E-state index is 0.112. The molecule has 158 valence electrons. The third kappa shape index (κ3) is 4.52. The van der Waals surface area contributed by atoms with Crippen molar-refractivity contribution >= 4 is 23.2 Å². The molecule has 0 atom stereocenters. The van der Waals surface area contributed by atoms with E-state index in [4.69, 9.17) is 4.74 Å². The molecular formula is C23H26FN3O3. The Morgan fingerprint density at radius 1 is 1.13 bits per heavy atom. The second-order valence-corrected chi connectivity index (χ2v) is 7.80. The van der Waals surface area contributed by atoms with Crippen LogP contribution in [0.3, 0.4) is 0 Å². The lowest BCUT2D eigenvalue weighted by molar-refractivity contribution is -0.117. The van der Waals surface area contributed by atoms with Crippen LogP contribution in [0.5, 0.6) is 0 Å². The Balaban J connectivity index is 1.42. The van der Waals surface area contributed by atoms with Crippen LogP contribution in [0.25, 0.3) is 0 Å². The number of nitrogens with zero attached hydrogens (tertiary/aromatic N) is 1. The van der Waals surface area contributed by atoms with E-state index in [-0.39, 0.29) is 24.2 Å². The molecule has 0 radical (unpaired) electrons. The van der Waals surface area contributed by atoms with E-state index in [2.05, 4.69) is 10.6 Å². The number of carbonyl (C=O) groups is 2. The van der Waals surface area contributed by atoms with E-state index in [1.807, 2.05) is 24.3 Å². The Morgan fingerprint density at radius 3 is 2.60 bits per heavy atom. The van der Waals surface area contributed by atoms with Crippen LogP contribution in [0.4, 0.5) is 15.8 Å².